The maximum absolute atomic E-state index is 10.9. The molecule has 0 aliphatic heterocycles. The lowest BCUT2D eigenvalue weighted by Gasteiger charge is -2.18. The average molecular weight is 421 g/mol. The summed E-state index contributed by atoms with van der Waals surface area (Å²) >= 11 is 0. The number of carboxylic acids is 1. The molecule has 1 N–H and O–H groups in total. The first-order valence-electron chi connectivity index (χ1n) is 11.1. The van der Waals surface area contributed by atoms with Crippen LogP contribution in [0.1, 0.15) is 50.1 Å². The lowest BCUT2D eigenvalue weighted by molar-refractivity contribution is -0.136. The third-order valence-electron chi connectivity index (χ3n) is 5.74. The second kappa shape index (κ2) is 10.8. The van der Waals surface area contributed by atoms with Crippen molar-refractivity contribution in [2.24, 2.45) is 5.92 Å². The van der Waals surface area contributed by atoms with E-state index in [9.17, 15) is 4.79 Å². The number of nitrogens with zero attached hydrogens (tertiary/aromatic N) is 2. The zero-order chi connectivity index (χ0) is 22.2. The molecule has 3 aromatic rings. The molecule has 0 amide bonds. The van der Waals surface area contributed by atoms with E-state index >= 15 is 0 Å². The molecule has 1 aromatic heterocycles. The summed E-state index contributed by atoms with van der Waals surface area (Å²) in [6.07, 6.45) is 2.72. The van der Waals surface area contributed by atoms with Crippen LogP contribution in [0.2, 0.25) is 0 Å². The van der Waals surface area contributed by atoms with Gasteiger partial charge in [-0.15, -0.1) is 0 Å². The highest BCUT2D eigenvalue weighted by molar-refractivity contribution is 5.67. The molecule has 2 aromatic carbocycles. The number of rotatable bonds is 11. The Labute approximate surface area is 184 Å². The Morgan fingerprint density at radius 2 is 1.81 bits per heavy atom. The van der Waals surface area contributed by atoms with Crippen molar-refractivity contribution in [2.75, 3.05) is 6.61 Å². The summed E-state index contributed by atoms with van der Waals surface area (Å²) in [7, 11) is 0. The third kappa shape index (κ3) is 6.20. The van der Waals surface area contributed by atoms with E-state index in [-0.39, 0.29) is 6.42 Å². The Bertz CT molecular complexity index is 991. The minimum absolute atomic E-state index is 0.0870. The molecule has 0 atom stereocenters. The SMILES string of the molecule is CCC(CC)COc1ccc(-c2ccccc2)cc1Cn1nc(CCC(=O)O)cc1C. The van der Waals surface area contributed by atoms with Crippen LogP contribution in [0.25, 0.3) is 11.1 Å². The number of hydrogen-bond donors (Lipinski definition) is 1. The average Bonchev–Trinajstić information content (AvgIpc) is 3.13. The Hall–Kier alpha value is -3.08. The zero-order valence-electron chi connectivity index (χ0n) is 18.7. The molecule has 164 valence electrons. The summed E-state index contributed by atoms with van der Waals surface area (Å²) in [5, 5.41) is 13.6. The van der Waals surface area contributed by atoms with Crippen molar-refractivity contribution in [3.63, 3.8) is 0 Å². The summed E-state index contributed by atoms with van der Waals surface area (Å²) in [5.74, 6) is 0.615. The number of carboxylic acid groups (broad SMARTS) is 1. The van der Waals surface area contributed by atoms with Gasteiger partial charge >= 0.3 is 5.97 Å². The summed E-state index contributed by atoms with van der Waals surface area (Å²) in [6.45, 7) is 7.68. The highest BCUT2D eigenvalue weighted by atomic mass is 16.5. The molecule has 31 heavy (non-hydrogen) atoms. The number of aliphatic carboxylic acids is 1. The highest BCUT2D eigenvalue weighted by Gasteiger charge is 2.13. The van der Waals surface area contributed by atoms with E-state index in [0.717, 1.165) is 46.7 Å². The number of carbonyl (C=O) groups is 1. The van der Waals surface area contributed by atoms with E-state index in [1.807, 2.05) is 35.9 Å². The second-order valence-electron chi connectivity index (χ2n) is 8.01. The van der Waals surface area contributed by atoms with Gasteiger partial charge in [0, 0.05) is 17.7 Å². The fourth-order valence-corrected chi connectivity index (χ4v) is 3.64. The van der Waals surface area contributed by atoms with Gasteiger partial charge in [0.2, 0.25) is 0 Å². The van der Waals surface area contributed by atoms with Gasteiger partial charge < -0.3 is 9.84 Å². The predicted molar refractivity (Wildman–Crippen MR) is 123 cm³/mol. The van der Waals surface area contributed by atoms with Gasteiger partial charge in [0.1, 0.15) is 5.75 Å². The lowest BCUT2D eigenvalue weighted by atomic mass is 10.0. The van der Waals surface area contributed by atoms with Gasteiger partial charge in [-0.1, -0.05) is 63.1 Å². The Kier molecular flexibility index (Phi) is 7.88. The summed E-state index contributed by atoms with van der Waals surface area (Å²) in [4.78, 5) is 10.9. The fourth-order valence-electron chi connectivity index (χ4n) is 3.64. The summed E-state index contributed by atoms with van der Waals surface area (Å²) in [6, 6.07) is 18.6. The zero-order valence-corrected chi connectivity index (χ0v) is 18.7. The predicted octanol–water partition coefficient (Wildman–Crippen LogP) is 5.74. The fraction of sp³-hybridized carbons (Fsp3) is 0.385. The minimum atomic E-state index is -0.806. The standard InChI is InChI=1S/C26H32N2O3/c1-4-20(5-2)18-31-25-13-11-22(21-9-7-6-8-10-21)16-23(25)17-28-19(3)15-24(27-28)12-14-26(29)30/h6-11,13,15-16,20H,4-5,12,14,17-18H2,1-3H3,(H,29,30). The first-order valence-corrected chi connectivity index (χ1v) is 11.1. The van der Waals surface area contributed by atoms with Crippen molar-refractivity contribution < 1.29 is 14.6 Å². The van der Waals surface area contributed by atoms with Crippen LogP contribution in [-0.4, -0.2) is 27.5 Å². The van der Waals surface area contributed by atoms with Crippen LogP contribution in [0.3, 0.4) is 0 Å². The van der Waals surface area contributed by atoms with Crippen LogP contribution < -0.4 is 4.74 Å². The van der Waals surface area contributed by atoms with Crippen molar-refractivity contribution in [1.82, 2.24) is 9.78 Å². The number of aryl methyl sites for hydroxylation is 2. The van der Waals surface area contributed by atoms with Gasteiger partial charge in [-0.2, -0.15) is 5.10 Å². The van der Waals surface area contributed by atoms with Crippen LogP contribution in [0, 0.1) is 12.8 Å². The van der Waals surface area contributed by atoms with E-state index in [4.69, 9.17) is 9.84 Å². The molecule has 3 rings (SSSR count). The summed E-state index contributed by atoms with van der Waals surface area (Å²) in [5.41, 5.74) is 5.19. The largest absolute Gasteiger partial charge is 0.493 e. The van der Waals surface area contributed by atoms with Crippen LogP contribution in [0.5, 0.6) is 5.75 Å². The van der Waals surface area contributed by atoms with E-state index < -0.39 is 5.97 Å². The maximum atomic E-state index is 10.9. The molecule has 0 aliphatic rings. The van der Waals surface area contributed by atoms with E-state index in [1.165, 1.54) is 0 Å². The number of aromatic nitrogens is 2. The van der Waals surface area contributed by atoms with Crippen molar-refractivity contribution in [1.29, 1.82) is 0 Å². The lowest BCUT2D eigenvalue weighted by Crippen LogP contribution is -2.12. The quantitative estimate of drug-likeness (QED) is 0.430. The summed E-state index contributed by atoms with van der Waals surface area (Å²) < 4.78 is 8.19. The van der Waals surface area contributed by atoms with Crippen LogP contribution >= 0.6 is 0 Å². The molecule has 0 fully saturated rings. The van der Waals surface area contributed by atoms with Crippen molar-refractivity contribution in [3.8, 4) is 16.9 Å². The normalized spacial score (nSPS) is 11.1. The van der Waals surface area contributed by atoms with E-state index in [0.29, 0.717) is 25.5 Å². The molecule has 5 nitrogen and oxygen atoms in total. The first kappa shape index (κ1) is 22.6. The van der Waals surface area contributed by atoms with Crippen LogP contribution in [-0.2, 0) is 17.8 Å². The Morgan fingerprint density at radius 3 is 2.48 bits per heavy atom. The molecule has 0 bridgehead atoms. The Morgan fingerprint density at radius 1 is 1.06 bits per heavy atom. The van der Waals surface area contributed by atoms with Crippen molar-refractivity contribution in [2.45, 2.75) is 53.0 Å². The van der Waals surface area contributed by atoms with Gasteiger partial charge in [0.05, 0.1) is 25.3 Å². The van der Waals surface area contributed by atoms with Crippen LogP contribution in [0.15, 0.2) is 54.6 Å². The maximum Gasteiger partial charge on any atom is 0.303 e. The molecule has 0 saturated carbocycles. The van der Waals surface area contributed by atoms with E-state index in [1.54, 1.807) is 0 Å². The monoisotopic (exact) mass is 420 g/mol. The Balaban J connectivity index is 1.88. The van der Waals surface area contributed by atoms with Gasteiger partial charge in [-0.25, -0.2) is 0 Å². The first-order chi connectivity index (χ1) is 15.0. The molecular formula is C26H32N2O3. The molecule has 1 heterocycles. The molecule has 0 saturated heterocycles. The number of benzene rings is 2. The van der Waals surface area contributed by atoms with Crippen molar-refractivity contribution >= 4 is 5.97 Å². The second-order valence-corrected chi connectivity index (χ2v) is 8.01. The molecule has 0 aliphatic carbocycles. The molecule has 0 unspecified atom stereocenters. The molecule has 0 radical (unpaired) electrons. The highest BCUT2D eigenvalue weighted by Crippen LogP contribution is 2.28. The number of hydrogen-bond acceptors (Lipinski definition) is 3. The third-order valence-corrected chi connectivity index (χ3v) is 5.74. The topological polar surface area (TPSA) is 64.4 Å². The molecule has 5 heteroatoms. The van der Waals surface area contributed by atoms with Gasteiger partial charge in [0.25, 0.3) is 0 Å². The van der Waals surface area contributed by atoms with Crippen molar-refractivity contribution in [3.05, 3.63) is 71.5 Å². The van der Waals surface area contributed by atoms with Crippen LogP contribution in [0.4, 0.5) is 0 Å². The number of ether oxygens (including phenoxy) is 1. The van der Waals surface area contributed by atoms with Gasteiger partial charge in [-0.05, 0) is 42.2 Å². The minimum Gasteiger partial charge on any atom is -0.493 e. The van der Waals surface area contributed by atoms with E-state index in [2.05, 4.69) is 49.3 Å². The molecule has 0 spiro atoms. The smallest absolute Gasteiger partial charge is 0.303 e. The van der Waals surface area contributed by atoms with Gasteiger partial charge in [0.15, 0.2) is 0 Å². The molecular weight excluding hydrogens is 388 g/mol. The van der Waals surface area contributed by atoms with Gasteiger partial charge in [-0.3, -0.25) is 9.48 Å².